The van der Waals surface area contributed by atoms with Crippen LogP contribution < -0.4 is 5.73 Å². The smallest absolute Gasteiger partial charge is 0.398 e. The molecule has 16 heavy (non-hydrogen) atoms. The summed E-state index contributed by atoms with van der Waals surface area (Å²) in [5.41, 5.74) is 6.13. The van der Waals surface area contributed by atoms with Crippen LogP contribution in [0.15, 0.2) is 18.2 Å². The summed E-state index contributed by atoms with van der Waals surface area (Å²) in [7, 11) is 1.33. The summed E-state index contributed by atoms with van der Waals surface area (Å²) in [5, 5.41) is 0. The highest BCUT2D eigenvalue weighted by atomic mass is 19.4. The van der Waals surface area contributed by atoms with Crippen LogP contribution in [-0.4, -0.2) is 24.7 Å². The van der Waals surface area contributed by atoms with E-state index in [1.165, 1.54) is 19.2 Å². The van der Waals surface area contributed by atoms with E-state index in [1.807, 2.05) is 0 Å². The summed E-state index contributed by atoms with van der Waals surface area (Å²) in [4.78, 5) is 1.07. The van der Waals surface area contributed by atoms with Crippen molar-refractivity contribution in [2.75, 3.05) is 19.3 Å². The molecule has 0 amide bonds. The van der Waals surface area contributed by atoms with Crippen LogP contribution in [0.1, 0.15) is 5.56 Å². The van der Waals surface area contributed by atoms with E-state index in [0.717, 1.165) is 11.0 Å². The molecule has 0 aliphatic rings. The lowest BCUT2D eigenvalue weighted by Crippen LogP contribution is -2.30. The number of rotatable bonds is 3. The molecule has 6 heteroatoms. The second-order valence-electron chi connectivity index (χ2n) is 3.63. The van der Waals surface area contributed by atoms with E-state index in [-0.39, 0.29) is 12.2 Å². The maximum atomic E-state index is 12.7. The van der Waals surface area contributed by atoms with Gasteiger partial charge in [-0.05, 0) is 24.7 Å². The summed E-state index contributed by atoms with van der Waals surface area (Å²) in [6.45, 7) is -0.991. The molecule has 90 valence electrons. The largest absolute Gasteiger partial charge is 0.401 e. The third-order valence-corrected chi connectivity index (χ3v) is 2.00. The van der Waals surface area contributed by atoms with E-state index in [1.54, 1.807) is 0 Å². The molecule has 1 aromatic carbocycles. The van der Waals surface area contributed by atoms with Gasteiger partial charge in [0.25, 0.3) is 0 Å². The molecule has 1 rings (SSSR count). The molecule has 0 aliphatic heterocycles. The Kier molecular flexibility index (Phi) is 3.74. The lowest BCUT2D eigenvalue weighted by atomic mass is 10.1. The fraction of sp³-hybridized carbons (Fsp3) is 0.400. The summed E-state index contributed by atoms with van der Waals surface area (Å²) in [5.74, 6) is -0.500. The Bertz CT molecular complexity index is 362. The van der Waals surface area contributed by atoms with Crippen molar-refractivity contribution in [1.82, 2.24) is 4.90 Å². The Morgan fingerprint density at radius 2 is 1.94 bits per heavy atom. The fourth-order valence-electron chi connectivity index (χ4n) is 1.36. The van der Waals surface area contributed by atoms with Crippen molar-refractivity contribution in [3.8, 4) is 0 Å². The zero-order valence-electron chi connectivity index (χ0n) is 8.68. The van der Waals surface area contributed by atoms with Crippen LogP contribution in [0.3, 0.4) is 0 Å². The highest BCUT2D eigenvalue weighted by Gasteiger charge is 2.29. The van der Waals surface area contributed by atoms with Gasteiger partial charge in [-0.25, -0.2) is 4.39 Å². The van der Waals surface area contributed by atoms with E-state index in [4.69, 9.17) is 5.73 Å². The molecular weight excluding hydrogens is 224 g/mol. The monoisotopic (exact) mass is 236 g/mol. The van der Waals surface area contributed by atoms with Gasteiger partial charge in [0, 0.05) is 12.2 Å². The summed E-state index contributed by atoms with van der Waals surface area (Å²) >= 11 is 0. The maximum Gasteiger partial charge on any atom is 0.401 e. The van der Waals surface area contributed by atoms with Gasteiger partial charge in [-0.3, -0.25) is 4.90 Å². The van der Waals surface area contributed by atoms with Gasteiger partial charge in [0.2, 0.25) is 0 Å². The van der Waals surface area contributed by atoms with Crippen molar-refractivity contribution >= 4 is 5.69 Å². The fourth-order valence-corrected chi connectivity index (χ4v) is 1.36. The molecular formula is C10H12F4N2. The average Bonchev–Trinajstić information content (AvgIpc) is 2.06. The van der Waals surface area contributed by atoms with Gasteiger partial charge in [-0.1, -0.05) is 6.07 Å². The van der Waals surface area contributed by atoms with Crippen molar-refractivity contribution in [2.24, 2.45) is 0 Å². The Morgan fingerprint density at radius 1 is 1.31 bits per heavy atom. The van der Waals surface area contributed by atoms with E-state index in [9.17, 15) is 17.6 Å². The zero-order valence-corrected chi connectivity index (χ0v) is 8.68. The Labute approximate surface area is 90.7 Å². The third kappa shape index (κ3) is 4.06. The first kappa shape index (κ1) is 12.8. The Morgan fingerprint density at radius 3 is 2.44 bits per heavy atom. The minimum atomic E-state index is -4.25. The predicted octanol–water partition coefficient (Wildman–Crippen LogP) is 2.40. The molecule has 0 unspecified atom stereocenters. The van der Waals surface area contributed by atoms with Crippen molar-refractivity contribution in [2.45, 2.75) is 12.7 Å². The quantitative estimate of drug-likeness (QED) is 0.645. The van der Waals surface area contributed by atoms with Gasteiger partial charge in [0.05, 0.1) is 6.54 Å². The van der Waals surface area contributed by atoms with Crippen LogP contribution >= 0.6 is 0 Å². The predicted molar refractivity (Wildman–Crippen MR) is 53.2 cm³/mol. The number of benzene rings is 1. The molecule has 0 atom stereocenters. The number of hydrogen-bond acceptors (Lipinski definition) is 2. The van der Waals surface area contributed by atoms with Crippen LogP contribution in [0.25, 0.3) is 0 Å². The summed E-state index contributed by atoms with van der Waals surface area (Å²) in [6.07, 6.45) is -4.25. The molecule has 1 aromatic rings. The molecule has 0 aliphatic carbocycles. The van der Waals surface area contributed by atoms with Gasteiger partial charge in [0.1, 0.15) is 5.82 Å². The number of nitrogens with two attached hydrogens (primary N) is 1. The van der Waals surface area contributed by atoms with Crippen molar-refractivity contribution in [1.29, 1.82) is 0 Å². The van der Waals surface area contributed by atoms with Crippen molar-refractivity contribution in [3.63, 3.8) is 0 Å². The highest BCUT2D eigenvalue weighted by Crippen LogP contribution is 2.19. The standard InChI is InChI=1S/C10H12F4N2/c1-16(6-10(12,13)14)5-7-2-3-8(11)4-9(7)15/h2-4H,5-6,15H2,1H3. The van der Waals surface area contributed by atoms with Gasteiger partial charge >= 0.3 is 6.18 Å². The van der Waals surface area contributed by atoms with Crippen molar-refractivity contribution in [3.05, 3.63) is 29.6 Å². The summed E-state index contributed by atoms with van der Waals surface area (Å²) in [6, 6.07) is 3.65. The van der Waals surface area contributed by atoms with Gasteiger partial charge in [-0.2, -0.15) is 13.2 Å². The van der Waals surface area contributed by atoms with Crippen molar-refractivity contribution < 1.29 is 17.6 Å². The lowest BCUT2D eigenvalue weighted by Gasteiger charge is -2.19. The topological polar surface area (TPSA) is 29.3 Å². The van der Waals surface area contributed by atoms with Crippen LogP contribution in [0, 0.1) is 5.82 Å². The average molecular weight is 236 g/mol. The Balaban J connectivity index is 2.66. The number of nitrogens with zero attached hydrogens (tertiary/aromatic N) is 1. The van der Waals surface area contributed by atoms with E-state index in [0.29, 0.717) is 5.56 Å². The SMILES string of the molecule is CN(Cc1ccc(F)cc1N)CC(F)(F)F. The molecule has 2 N–H and O–H groups in total. The molecule has 0 saturated heterocycles. The Hall–Kier alpha value is -1.30. The molecule has 0 aromatic heterocycles. The first-order chi connectivity index (χ1) is 7.28. The highest BCUT2D eigenvalue weighted by molar-refractivity contribution is 5.46. The van der Waals surface area contributed by atoms with Crippen LogP contribution in [-0.2, 0) is 6.54 Å². The van der Waals surface area contributed by atoms with E-state index >= 15 is 0 Å². The molecule has 0 heterocycles. The van der Waals surface area contributed by atoms with Gasteiger partial charge < -0.3 is 5.73 Å². The molecule has 0 spiro atoms. The minimum Gasteiger partial charge on any atom is -0.398 e. The third-order valence-electron chi connectivity index (χ3n) is 2.00. The molecule has 0 bridgehead atoms. The molecule has 0 fully saturated rings. The number of anilines is 1. The second kappa shape index (κ2) is 4.69. The molecule has 2 nitrogen and oxygen atoms in total. The lowest BCUT2D eigenvalue weighted by molar-refractivity contribution is -0.144. The van der Waals surface area contributed by atoms with Crippen LogP contribution in [0.5, 0.6) is 0 Å². The number of halogens is 4. The van der Waals surface area contributed by atoms with Crippen LogP contribution in [0.4, 0.5) is 23.2 Å². The number of hydrogen-bond donors (Lipinski definition) is 1. The van der Waals surface area contributed by atoms with E-state index in [2.05, 4.69) is 0 Å². The first-order valence-electron chi connectivity index (χ1n) is 4.57. The number of nitrogen functional groups attached to an aromatic ring is 1. The normalized spacial score (nSPS) is 12.1. The molecule has 0 saturated carbocycles. The second-order valence-corrected chi connectivity index (χ2v) is 3.63. The first-order valence-corrected chi connectivity index (χ1v) is 4.57. The molecule has 0 radical (unpaired) electrons. The minimum absolute atomic E-state index is 0.0334. The van der Waals surface area contributed by atoms with Gasteiger partial charge in [0.15, 0.2) is 0 Å². The zero-order chi connectivity index (χ0) is 12.3. The maximum absolute atomic E-state index is 12.7. The van der Waals surface area contributed by atoms with E-state index < -0.39 is 18.5 Å². The van der Waals surface area contributed by atoms with Gasteiger partial charge in [-0.15, -0.1) is 0 Å². The number of alkyl halides is 3. The summed E-state index contributed by atoms with van der Waals surface area (Å²) < 4.78 is 48.8. The van der Waals surface area contributed by atoms with Crippen LogP contribution in [0.2, 0.25) is 0 Å².